The molecule has 1 aliphatic rings. The summed E-state index contributed by atoms with van der Waals surface area (Å²) in [6, 6.07) is 0. The van der Waals surface area contributed by atoms with Crippen LogP contribution in [-0.2, 0) is 0 Å². The normalized spacial score (nSPS) is 26.8. The summed E-state index contributed by atoms with van der Waals surface area (Å²) in [6.45, 7) is 7.05. The summed E-state index contributed by atoms with van der Waals surface area (Å²) in [6.07, 6.45) is 8.61. The van der Waals surface area contributed by atoms with Gasteiger partial charge in [0.25, 0.3) is 0 Å². The van der Waals surface area contributed by atoms with Crippen molar-refractivity contribution < 1.29 is 5.11 Å². The maximum Gasteiger partial charge on any atom is 0.0465 e. The predicted molar refractivity (Wildman–Crippen MR) is 56.5 cm³/mol. The first-order valence-electron chi connectivity index (χ1n) is 5.03. The van der Waals surface area contributed by atoms with E-state index in [1.165, 1.54) is 5.57 Å². The van der Waals surface area contributed by atoms with Crippen LogP contribution in [0.25, 0.3) is 0 Å². The molecule has 0 saturated heterocycles. The smallest absolute Gasteiger partial charge is 0.0465 e. The van der Waals surface area contributed by atoms with Crippen molar-refractivity contribution in [3.05, 3.63) is 23.8 Å². The lowest BCUT2D eigenvalue weighted by Crippen LogP contribution is -2.18. The number of aliphatic hydroxyl groups excluding tert-OH is 1. The molecule has 1 rings (SSSR count). The highest BCUT2D eigenvalue weighted by atomic mass is 16.2. The molecule has 0 aromatic rings. The monoisotopic (exact) mass is 180 g/mol. The molecule has 0 saturated carbocycles. The Morgan fingerprint density at radius 3 is 2.77 bits per heavy atom. The standard InChI is InChI=1S/C12H20O/c1-10-7-8-11(12(10,2)3)6-4-5-9-13/h4,6-7,11,13H,5,8-9H2,1-3H3/b6-4+. The summed E-state index contributed by atoms with van der Waals surface area (Å²) in [5.41, 5.74) is 1.80. The topological polar surface area (TPSA) is 20.2 Å². The SMILES string of the molecule is CC1=CCC(/C=C/CCO)C1(C)C. The van der Waals surface area contributed by atoms with Crippen LogP contribution in [0.4, 0.5) is 0 Å². The summed E-state index contributed by atoms with van der Waals surface area (Å²) in [5.74, 6) is 0.624. The van der Waals surface area contributed by atoms with Crippen LogP contribution in [0, 0.1) is 11.3 Å². The minimum absolute atomic E-state index is 0.260. The second-order valence-corrected chi connectivity index (χ2v) is 4.39. The van der Waals surface area contributed by atoms with Crippen LogP contribution < -0.4 is 0 Å². The van der Waals surface area contributed by atoms with Crippen molar-refractivity contribution in [2.75, 3.05) is 6.61 Å². The highest BCUT2D eigenvalue weighted by Gasteiger charge is 2.32. The molecule has 74 valence electrons. The van der Waals surface area contributed by atoms with Gasteiger partial charge in [-0.2, -0.15) is 0 Å². The molecule has 0 aromatic heterocycles. The Bertz CT molecular complexity index is 223. The quantitative estimate of drug-likeness (QED) is 0.662. The molecule has 0 aliphatic heterocycles. The lowest BCUT2D eigenvalue weighted by molar-refractivity contribution is 0.301. The third-order valence-electron chi connectivity index (χ3n) is 3.29. The van der Waals surface area contributed by atoms with Gasteiger partial charge in [0.15, 0.2) is 0 Å². The number of hydrogen-bond acceptors (Lipinski definition) is 1. The van der Waals surface area contributed by atoms with Crippen LogP contribution in [0.15, 0.2) is 23.8 Å². The minimum atomic E-state index is 0.260. The summed E-state index contributed by atoms with van der Waals surface area (Å²) >= 11 is 0. The number of aliphatic hydroxyl groups is 1. The average Bonchev–Trinajstić information content (AvgIpc) is 2.32. The van der Waals surface area contributed by atoms with Gasteiger partial charge in [-0.1, -0.05) is 37.6 Å². The molecule has 1 nitrogen and oxygen atoms in total. The van der Waals surface area contributed by atoms with Gasteiger partial charge in [0.2, 0.25) is 0 Å². The van der Waals surface area contributed by atoms with E-state index in [-0.39, 0.29) is 6.61 Å². The summed E-state index contributed by atoms with van der Waals surface area (Å²) in [7, 11) is 0. The van der Waals surface area contributed by atoms with Crippen molar-refractivity contribution in [3.63, 3.8) is 0 Å². The molecule has 1 atom stereocenters. The zero-order chi connectivity index (χ0) is 9.90. The zero-order valence-electron chi connectivity index (χ0n) is 8.88. The van der Waals surface area contributed by atoms with Crippen LogP contribution in [0.1, 0.15) is 33.6 Å². The molecule has 1 aliphatic carbocycles. The molecule has 0 spiro atoms. The highest BCUT2D eigenvalue weighted by molar-refractivity contribution is 5.21. The fourth-order valence-electron chi connectivity index (χ4n) is 1.81. The van der Waals surface area contributed by atoms with E-state index >= 15 is 0 Å². The molecule has 0 radical (unpaired) electrons. The summed E-state index contributed by atoms with van der Waals surface area (Å²) < 4.78 is 0. The molecule has 13 heavy (non-hydrogen) atoms. The average molecular weight is 180 g/mol. The number of hydrogen-bond donors (Lipinski definition) is 1. The van der Waals surface area contributed by atoms with E-state index in [0.29, 0.717) is 11.3 Å². The maximum absolute atomic E-state index is 8.66. The fraction of sp³-hybridized carbons (Fsp3) is 0.667. The van der Waals surface area contributed by atoms with Crippen molar-refractivity contribution in [1.82, 2.24) is 0 Å². The molecule has 0 heterocycles. The van der Waals surface area contributed by atoms with Crippen molar-refractivity contribution in [2.24, 2.45) is 11.3 Å². The zero-order valence-corrected chi connectivity index (χ0v) is 8.88. The van der Waals surface area contributed by atoms with Gasteiger partial charge in [0, 0.05) is 6.61 Å². The van der Waals surface area contributed by atoms with Gasteiger partial charge in [0.05, 0.1) is 0 Å². The molecule has 1 N–H and O–H groups in total. The van der Waals surface area contributed by atoms with Gasteiger partial charge < -0.3 is 5.11 Å². The van der Waals surface area contributed by atoms with Crippen LogP contribution in [-0.4, -0.2) is 11.7 Å². The van der Waals surface area contributed by atoms with Gasteiger partial charge in [-0.05, 0) is 31.1 Å². The molecule has 1 unspecified atom stereocenters. The van der Waals surface area contributed by atoms with Crippen molar-refractivity contribution in [2.45, 2.75) is 33.6 Å². The molecule has 0 bridgehead atoms. The molecular weight excluding hydrogens is 160 g/mol. The van der Waals surface area contributed by atoms with Gasteiger partial charge in [-0.15, -0.1) is 0 Å². The van der Waals surface area contributed by atoms with Crippen molar-refractivity contribution in [1.29, 1.82) is 0 Å². The van der Waals surface area contributed by atoms with E-state index in [1.807, 2.05) is 0 Å². The first-order chi connectivity index (χ1) is 6.09. The Labute approximate surface area is 81.2 Å². The highest BCUT2D eigenvalue weighted by Crippen LogP contribution is 2.43. The van der Waals surface area contributed by atoms with E-state index in [9.17, 15) is 0 Å². The Morgan fingerprint density at radius 1 is 1.62 bits per heavy atom. The van der Waals surface area contributed by atoms with Crippen LogP contribution in [0.2, 0.25) is 0 Å². The summed E-state index contributed by atoms with van der Waals surface area (Å²) in [4.78, 5) is 0. The van der Waals surface area contributed by atoms with Gasteiger partial charge in [-0.25, -0.2) is 0 Å². The molecule has 0 amide bonds. The Hall–Kier alpha value is -0.560. The van der Waals surface area contributed by atoms with Gasteiger partial charge in [-0.3, -0.25) is 0 Å². The Morgan fingerprint density at radius 2 is 2.31 bits per heavy atom. The Balaban J connectivity index is 2.56. The van der Waals surface area contributed by atoms with E-state index in [1.54, 1.807) is 0 Å². The van der Waals surface area contributed by atoms with E-state index < -0.39 is 0 Å². The summed E-state index contributed by atoms with van der Waals surface area (Å²) in [5, 5.41) is 8.66. The number of rotatable bonds is 3. The molecule has 1 heteroatoms. The third kappa shape index (κ3) is 2.22. The lowest BCUT2D eigenvalue weighted by atomic mass is 9.77. The largest absolute Gasteiger partial charge is 0.396 e. The fourth-order valence-corrected chi connectivity index (χ4v) is 1.81. The predicted octanol–water partition coefficient (Wildman–Crippen LogP) is 2.92. The first-order valence-corrected chi connectivity index (χ1v) is 5.03. The Kier molecular flexibility index (Phi) is 3.32. The minimum Gasteiger partial charge on any atom is -0.396 e. The van der Waals surface area contributed by atoms with Crippen LogP contribution >= 0.6 is 0 Å². The van der Waals surface area contributed by atoms with Gasteiger partial charge in [0.1, 0.15) is 0 Å². The van der Waals surface area contributed by atoms with Gasteiger partial charge >= 0.3 is 0 Å². The van der Waals surface area contributed by atoms with E-state index in [0.717, 1.165) is 12.8 Å². The second-order valence-electron chi connectivity index (χ2n) is 4.39. The molecule has 0 aromatic carbocycles. The maximum atomic E-state index is 8.66. The first kappa shape index (κ1) is 10.5. The lowest BCUT2D eigenvalue weighted by Gasteiger charge is -2.27. The van der Waals surface area contributed by atoms with E-state index in [2.05, 4.69) is 39.0 Å². The van der Waals surface area contributed by atoms with Crippen molar-refractivity contribution >= 4 is 0 Å². The number of allylic oxidation sites excluding steroid dienone is 3. The second kappa shape index (κ2) is 4.10. The third-order valence-corrected chi connectivity index (χ3v) is 3.29. The van der Waals surface area contributed by atoms with Crippen LogP contribution in [0.5, 0.6) is 0 Å². The molecule has 0 fully saturated rings. The van der Waals surface area contributed by atoms with Crippen LogP contribution in [0.3, 0.4) is 0 Å². The van der Waals surface area contributed by atoms with Crippen molar-refractivity contribution in [3.8, 4) is 0 Å². The molecular formula is C12H20O. The van der Waals surface area contributed by atoms with E-state index in [4.69, 9.17) is 5.11 Å².